The Labute approximate surface area is 170 Å². The molecule has 0 aliphatic rings. The number of aromatic nitrogens is 1. The van der Waals surface area contributed by atoms with Gasteiger partial charge >= 0.3 is 0 Å². The zero-order chi connectivity index (χ0) is 21.0. The van der Waals surface area contributed by atoms with Gasteiger partial charge in [-0.25, -0.2) is 8.42 Å². The number of aryl methyl sites for hydroxylation is 3. The zero-order valence-electron chi connectivity index (χ0n) is 16.7. The van der Waals surface area contributed by atoms with Gasteiger partial charge in [-0.15, -0.1) is 0 Å². The van der Waals surface area contributed by atoms with E-state index in [1.54, 1.807) is 38.1 Å². The zero-order valence-corrected chi connectivity index (χ0v) is 17.5. The van der Waals surface area contributed by atoms with Crippen LogP contribution in [0.15, 0.2) is 57.9 Å². The van der Waals surface area contributed by atoms with Crippen molar-refractivity contribution in [3.63, 3.8) is 0 Å². The van der Waals surface area contributed by atoms with E-state index in [1.165, 1.54) is 0 Å². The smallest absolute Gasteiger partial charge is 0.225 e. The van der Waals surface area contributed by atoms with Crippen LogP contribution >= 0.6 is 0 Å². The normalized spacial score (nSPS) is 11.4. The minimum Gasteiger partial charge on any atom is -0.356 e. The summed E-state index contributed by atoms with van der Waals surface area (Å²) in [6.07, 6.45) is 0.660. The second-order valence-electron chi connectivity index (χ2n) is 6.94. The van der Waals surface area contributed by atoms with Gasteiger partial charge in [0.2, 0.25) is 5.91 Å². The summed E-state index contributed by atoms with van der Waals surface area (Å²) in [6.45, 7) is 5.54. The van der Waals surface area contributed by atoms with Crippen molar-refractivity contribution in [1.29, 1.82) is 0 Å². The van der Waals surface area contributed by atoms with E-state index >= 15 is 0 Å². The molecule has 0 aliphatic heterocycles. The lowest BCUT2D eigenvalue weighted by molar-refractivity contribution is -0.115. The Morgan fingerprint density at radius 3 is 2.55 bits per heavy atom. The fourth-order valence-corrected chi connectivity index (χ4v) is 4.63. The highest BCUT2D eigenvalue weighted by molar-refractivity contribution is 7.91. The van der Waals surface area contributed by atoms with E-state index in [-0.39, 0.29) is 23.0 Å². The first kappa shape index (κ1) is 20.8. The Hall–Kier alpha value is -2.93. The third kappa shape index (κ3) is 4.92. The monoisotopic (exact) mass is 412 g/mol. The van der Waals surface area contributed by atoms with Crippen molar-refractivity contribution < 1.29 is 17.7 Å². The van der Waals surface area contributed by atoms with Gasteiger partial charge in [0.15, 0.2) is 15.6 Å². The van der Waals surface area contributed by atoms with Crippen molar-refractivity contribution in [1.82, 2.24) is 5.16 Å². The maximum Gasteiger partial charge on any atom is 0.225 e. The maximum absolute atomic E-state index is 12.9. The Kier molecular flexibility index (Phi) is 6.17. The molecule has 1 amide bonds. The lowest BCUT2D eigenvalue weighted by atomic mass is 10.1. The Balaban J connectivity index is 1.75. The number of hydrogen-bond donors (Lipinski definition) is 1. The SMILES string of the molecule is CCc1ccccc1NC(=O)CCS(=O)(=O)c1cc(-c2cc(C)no2)ccc1C. The first-order valence-electron chi connectivity index (χ1n) is 9.45. The van der Waals surface area contributed by atoms with Crippen molar-refractivity contribution in [3.8, 4) is 11.3 Å². The van der Waals surface area contributed by atoms with E-state index in [4.69, 9.17) is 4.52 Å². The van der Waals surface area contributed by atoms with Crippen LogP contribution in [-0.4, -0.2) is 25.2 Å². The van der Waals surface area contributed by atoms with Crippen molar-refractivity contribution >= 4 is 21.4 Å². The number of anilines is 1. The molecule has 0 aliphatic carbocycles. The highest BCUT2D eigenvalue weighted by Crippen LogP contribution is 2.27. The van der Waals surface area contributed by atoms with E-state index in [2.05, 4.69) is 10.5 Å². The molecule has 0 fully saturated rings. The molecule has 29 heavy (non-hydrogen) atoms. The molecular weight excluding hydrogens is 388 g/mol. The predicted octanol–water partition coefficient (Wildman–Crippen LogP) is 4.32. The minimum absolute atomic E-state index is 0.120. The Morgan fingerprint density at radius 1 is 1.10 bits per heavy atom. The second kappa shape index (κ2) is 8.61. The average molecular weight is 413 g/mol. The summed E-state index contributed by atoms with van der Waals surface area (Å²) in [6, 6.07) is 14.4. The summed E-state index contributed by atoms with van der Waals surface area (Å²) < 4.78 is 31.0. The third-order valence-corrected chi connectivity index (χ3v) is 6.56. The van der Waals surface area contributed by atoms with Crippen molar-refractivity contribution in [2.24, 2.45) is 0 Å². The quantitative estimate of drug-likeness (QED) is 0.624. The molecule has 0 spiro atoms. The van der Waals surface area contributed by atoms with E-state index in [0.29, 0.717) is 22.6 Å². The Morgan fingerprint density at radius 2 is 1.86 bits per heavy atom. The standard InChI is InChI=1S/C22H24N2O4S/c1-4-17-7-5-6-8-19(17)23-22(25)11-12-29(26,27)21-14-18(10-9-15(21)2)20-13-16(3)24-28-20/h5-10,13-14H,4,11-12H2,1-3H3,(H,23,25). The van der Waals surface area contributed by atoms with E-state index in [9.17, 15) is 13.2 Å². The van der Waals surface area contributed by atoms with Crippen LogP contribution in [0.3, 0.4) is 0 Å². The summed E-state index contributed by atoms with van der Waals surface area (Å²) in [5, 5.41) is 6.66. The summed E-state index contributed by atoms with van der Waals surface area (Å²) in [5.41, 5.74) is 3.71. The summed E-state index contributed by atoms with van der Waals surface area (Å²) in [5.74, 6) is -0.0886. The number of carbonyl (C=O) groups excluding carboxylic acids is 1. The largest absolute Gasteiger partial charge is 0.356 e. The number of sulfone groups is 1. The molecule has 3 aromatic rings. The van der Waals surface area contributed by atoms with Crippen molar-refractivity contribution in [2.45, 2.75) is 38.5 Å². The molecule has 6 nitrogen and oxygen atoms in total. The van der Waals surface area contributed by atoms with Crippen molar-refractivity contribution in [3.05, 3.63) is 65.4 Å². The van der Waals surface area contributed by atoms with Crippen LogP contribution < -0.4 is 5.32 Å². The fraction of sp³-hybridized carbons (Fsp3) is 0.273. The molecule has 0 bridgehead atoms. The highest BCUT2D eigenvalue weighted by atomic mass is 32.2. The van der Waals surface area contributed by atoms with Crippen LogP contribution in [0, 0.1) is 13.8 Å². The van der Waals surface area contributed by atoms with Crippen LogP contribution in [0.1, 0.15) is 30.2 Å². The number of para-hydroxylation sites is 1. The lowest BCUT2D eigenvalue weighted by Crippen LogP contribution is -2.18. The van der Waals surface area contributed by atoms with E-state index in [0.717, 1.165) is 17.7 Å². The van der Waals surface area contributed by atoms with Gasteiger partial charge < -0.3 is 9.84 Å². The van der Waals surface area contributed by atoms with Crippen LogP contribution in [0.4, 0.5) is 5.69 Å². The molecule has 3 rings (SSSR count). The number of carbonyl (C=O) groups is 1. The summed E-state index contributed by atoms with van der Waals surface area (Å²) in [7, 11) is -3.64. The van der Waals surface area contributed by atoms with Crippen LogP contribution in [0.2, 0.25) is 0 Å². The van der Waals surface area contributed by atoms with Crippen LogP contribution in [0.25, 0.3) is 11.3 Å². The maximum atomic E-state index is 12.9. The predicted molar refractivity (Wildman–Crippen MR) is 113 cm³/mol. The number of rotatable bonds is 7. The molecule has 0 saturated heterocycles. The second-order valence-corrected chi connectivity index (χ2v) is 9.02. The first-order valence-corrected chi connectivity index (χ1v) is 11.1. The minimum atomic E-state index is -3.64. The number of nitrogens with zero attached hydrogens (tertiary/aromatic N) is 1. The Bertz CT molecular complexity index is 1130. The highest BCUT2D eigenvalue weighted by Gasteiger charge is 2.20. The topological polar surface area (TPSA) is 89.3 Å². The first-order chi connectivity index (χ1) is 13.8. The number of benzene rings is 2. The molecule has 0 unspecified atom stereocenters. The number of nitrogens with one attached hydrogen (secondary N) is 1. The molecule has 1 heterocycles. The van der Waals surface area contributed by atoms with Gasteiger partial charge in [-0.2, -0.15) is 0 Å². The molecule has 1 aromatic heterocycles. The number of hydrogen-bond acceptors (Lipinski definition) is 5. The molecule has 2 aromatic carbocycles. The van der Waals surface area contributed by atoms with Gasteiger partial charge in [-0.05, 0) is 43.5 Å². The van der Waals surface area contributed by atoms with Gasteiger partial charge in [0.1, 0.15) is 0 Å². The van der Waals surface area contributed by atoms with Crippen LogP contribution in [-0.2, 0) is 21.1 Å². The van der Waals surface area contributed by atoms with E-state index < -0.39 is 9.84 Å². The van der Waals surface area contributed by atoms with Crippen molar-refractivity contribution in [2.75, 3.05) is 11.1 Å². The van der Waals surface area contributed by atoms with Gasteiger partial charge in [0.05, 0.1) is 16.3 Å². The molecule has 0 atom stereocenters. The van der Waals surface area contributed by atoms with Gasteiger partial charge in [-0.1, -0.05) is 42.4 Å². The third-order valence-electron chi connectivity index (χ3n) is 4.71. The van der Waals surface area contributed by atoms with Gasteiger partial charge in [0.25, 0.3) is 0 Å². The average Bonchev–Trinajstić information content (AvgIpc) is 3.13. The van der Waals surface area contributed by atoms with Gasteiger partial charge in [0, 0.05) is 23.7 Å². The lowest BCUT2D eigenvalue weighted by Gasteiger charge is -2.11. The number of amides is 1. The summed E-state index contributed by atoms with van der Waals surface area (Å²) in [4.78, 5) is 12.5. The molecule has 7 heteroatoms. The molecular formula is C22H24N2O4S. The summed E-state index contributed by atoms with van der Waals surface area (Å²) >= 11 is 0. The van der Waals surface area contributed by atoms with Crippen LogP contribution in [0.5, 0.6) is 0 Å². The van der Waals surface area contributed by atoms with E-state index in [1.807, 2.05) is 31.2 Å². The molecule has 1 N–H and O–H groups in total. The van der Waals surface area contributed by atoms with Gasteiger partial charge in [-0.3, -0.25) is 4.79 Å². The molecule has 0 radical (unpaired) electrons. The molecule has 152 valence electrons. The molecule has 0 saturated carbocycles. The fourth-order valence-electron chi connectivity index (χ4n) is 3.09.